The second-order valence-corrected chi connectivity index (χ2v) is 9.45. The number of anilines is 1. The second kappa shape index (κ2) is 8.91. The molecule has 1 aliphatic rings. The first kappa shape index (κ1) is 23.2. The van der Waals surface area contributed by atoms with Crippen LogP contribution in [0.25, 0.3) is 22.0 Å². The average Bonchev–Trinajstić information content (AvgIpc) is 3.40. The molecule has 2 N–H and O–H groups in total. The van der Waals surface area contributed by atoms with Crippen LogP contribution in [0, 0.1) is 5.92 Å². The van der Waals surface area contributed by atoms with Crippen LogP contribution in [0.2, 0.25) is 0 Å². The third kappa shape index (κ3) is 4.57. The topological polar surface area (TPSA) is 106 Å². The Morgan fingerprint density at radius 3 is 2.54 bits per heavy atom. The monoisotopic (exact) mass is 502 g/mol. The SMILES string of the molecule is CC(Nc1nc(C(=O)O)nc2nc(-c3nccs3)n(Cc3ccc(C(F)(F)F)cc3)c12)C1CCC1. The van der Waals surface area contributed by atoms with Gasteiger partial charge in [0, 0.05) is 24.2 Å². The van der Waals surface area contributed by atoms with Crippen molar-refractivity contribution >= 4 is 34.3 Å². The lowest BCUT2D eigenvalue weighted by atomic mass is 9.80. The Balaban J connectivity index is 1.64. The number of aromatic nitrogens is 5. The van der Waals surface area contributed by atoms with Crippen LogP contribution in [-0.2, 0) is 12.7 Å². The maximum absolute atomic E-state index is 13.0. The van der Waals surface area contributed by atoms with E-state index in [1.165, 1.54) is 23.5 Å². The number of aromatic carboxylic acids is 1. The highest BCUT2D eigenvalue weighted by Crippen LogP contribution is 2.35. The molecule has 182 valence electrons. The number of imidazole rings is 1. The number of thiazole rings is 1. The lowest BCUT2D eigenvalue weighted by molar-refractivity contribution is -0.137. The normalized spacial score (nSPS) is 15.2. The van der Waals surface area contributed by atoms with Gasteiger partial charge in [0.05, 0.1) is 5.56 Å². The summed E-state index contributed by atoms with van der Waals surface area (Å²) in [6.45, 7) is 2.20. The Kier molecular flexibility index (Phi) is 5.91. The molecule has 0 aliphatic heterocycles. The highest BCUT2D eigenvalue weighted by molar-refractivity contribution is 7.13. The van der Waals surface area contributed by atoms with Crippen molar-refractivity contribution in [2.24, 2.45) is 5.92 Å². The average molecular weight is 503 g/mol. The number of benzene rings is 1. The van der Waals surface area contributed by atoms with E-state index in [1.807, 2.05) is 6.92 Å². The maximum Gasteiger partial charge on any atom is 0.416 e. The van der Waals surface area contributed by atoms with Crippen LogP contribution in [-0.4, -0.2) is 41.6 Å². The zero-order chi connectivity index (χ0) is 24.7. The van der Waals surface area contributed by atoms with E-state index in [9.17, 15) is 23.1 Å². The number of carbonyl (C=O) groups is 1. The quantitative estimate of drug-likeness (QED) is 0.353. The zero-order valence-electron chi connectivity index (χ0n) is 18.6. The van der Waals surface area contributed by atoms with Gasteiger partial charge in [0.1, 0.15) is 5.52 Å². The fraction of sp³-hybridized carbons (Fsp3) is 0.348. The minimum atomic E-state index is -4.43. The molecule has 12 heteroatoms. The molecule has 8 nitrogen and oxygen atoms in total. The van der Waals surface area contributed by atoms with Gasteiger partial charge < -0.3 is 15.0 Å². The molecule has 0 radical (unpaired) electrons. The van der Waals surface area contributed by atoms with Crippen LogP contribution in [0.5, 0.6) is 0 Å². The van der Waals surface area contributed by atoms with Gasteiger partial charge in [-0.05, 0) is 43.4 Å². The summed E-state index contributed by atoms with van der Waals surface area (Å²) in [6, 6.07) is 4.94. The Morgan fingerprint density at radius 2 is 1.97 bits per heavy atom. The van der Waals surface area contributed by atoms with Crippen molar-refractivity contribution in [3.63, 3.8) is 0 Å². The van der Waals surface area contributed by atoms with Gasteiger partial charge in [0.25, 0.3) is 0 Å². The second-order valence-electron chi connectivity index (χ2n) is 8.55. The Hall–Kier alpha value is -3.54. The van der Waals surface area contributed by atoms with Crippen molar-refractivity contribution in [2.75, 3.05) is 5.32 Å². The van der Waals surface area contributed by atoms with E-state index in [2.05, 4.69) is 25.3 Å². The largest absolute Gasteiger partial charge is 0.475 e. The van der Waals surface area contributed by atoms with Crippen molar-refractivity contribution in [2.45, 2.75) is 44.9 Å². The number of fused-ring (bicyclic) bond motifs is 1. The molecule has 0 bridgehead atoms. The molecule has 3 heterocycles. The molecule has 1 saturated carbocycles. The summed E-state index contributed by atoms with van der Waals surface area (Å²) < 4.78 is 40.9. The minimum absolute atomic E-state index is 0.0428. The van der Waals surface area contributed by atoms with Crippen molar-refractivity contribution in [3.8, 4) is 10.8 Å². The summed E-state index contributed by atoms with van der Waals surface area (Å²) in [5.41, 5.74) is 0.530. The summed E-state index contributed by atoms with van der Waals surface area (Å²) in [6.07, 6.45) is 0.485. The molecule has 0 spiro atoms. The Morgan fingerprint density at radius 1 is 1.23 bits per heavy atom. The molecule has 0 amide bonds. The maximum atomic E-state index is 13.0. The number of rotatable bonds is 7. The van der Waals surface area contributed by atoms with E-state index in [0.29, 0.717) is 33.6 Å². The van der Waals surface area contributed by atoms with Crippen molar-refractivity contribution in [1.29, 1.82) is 0 Å². The Bertz CT molecular complexity index is 1360. The summed E-state index contributed by atoms with van der Waals surface area (Å²) in [7, 11) is 0. The van der Waals surface area contributed by atoms with E-state index in [-0.39, 0.29) is 24.1 Å². The molecule has 3 aromatic heterocycles. The van der Waals surface area contributed by atoms with Crippen LogP contribution >= 0.6 is 11.3 Å². The molecule has 4 aromatic rings. The van der Waals surface area contributed by atoms with E-state index >= 15 is 0 Å². The van der Waals surface area contributed by atoms with Crippen molar-refractivity contribution in [3.05, 3.63) is 52.8 Å². The lowest BCUT2D eigenvalue weighted by Crippen LogP contribution is -2.31. The molecule has 1 atom stereocenters. The summed E-state index contributed by atoms with van der Waals surface area (Å²) in [4.78, 5) is 29.0. The van der Waals surface area contributed by atoms with Crippen LogP contribution < -0.4 is 5.32 Å². The van der Waals surface area contributed by atoms with Gasteiger partial charge in [-0.3, -0.25) is 0 Å². The van der Waals surface area contributed by atoms with E-state index in [0.717, 1.165) is 31.4 Å². The fourth-order valence-electron chi connectivity index (χ4n) is 4.14. The van der Waals surface area contributed by atoms with Crippen molar-refractivity contribution in [1.82, 2.24) is 24.5 Å². The number of hydrogen-bond donors (Lipinski definition) is 2. The van der Waals surface area contributed by atoms with Gasteiger partial charge in [-0.1, -0.05) is 18.6 Å². The number of nitrogens with one attached hydrogen (secondary N) is 1. The predicted octanol–water partition coefficient (Wildman–Crippen LogP) is 5.32. The molecular formula is C23H21F3N6O2S. The highest BCUT2D eigenvalue weighted by Gasteiger charge is 2.30. The third-order valence-corrected chi connectivity index (χ3v) is 7.03. The molecule has 1 aromatic carbocycles. The predicted molar refractivity (Wildman–Crippen MR) is 124 cm³/mol. The first-order valence-corrected chi connectivity index (χ1v) is 11.9. The standard InChI is InChI=1S/C23H21F3N6O2S/c1-12(14-3-2-4-14)28-17-16-18(30-19(29-17)22(33)34)31-20(21-27-9-10-35-21)32(16)11-13-5-7-15(8-6-13)23(24,25)26/h5-10,12,14H,2-4,11H2,1H3,(H,33,34)(H,28,29,30). The molecule has 5 rings (SSSR count). The fourth-order valence-corrected chi connectivity index (χ4v) is 4.77. The number of carboxylic acid groups (broad SMARTS) is 1. The highest BCUT2D eigenvalue weighted by atomic mass is 32.1. The lowest BCUT2D eigenvalue weighted by Gasteiger charge is -2.32. The van der Waals surface area contributed by atoms with E-state index < -0.39 is 17.7 Å². The number of hydrogen-bond acceptors (Lipinski definition) is 7. The summed E-state index contributed by atoms with van der Waals surface area (Å²) in [5.74, 6) is -0.455. The number of halogens is 3. The van der Waals surface area contributed by atoms with E-state index in [1.54, 1.807) is 16.1 Å². The smallest absolute Gasteiger partial charge is 0.416 e. The number of nitrogens with zero attached hydrogens (tertiary/aromatic N) is 5. The third-order valence-electron chi connectivity index (χ3n) is 6.26. The molecule has 1 aliphatic carbocycles. The van der Waals surface area contributed by atoms with Crippen LogP contribution in [0.1, 0.15) is 47.9 Å². The molecule has 1 unspecified atom stereocenters. The van der Waals surface area contributed by atoms with E-state index in [4.69, 9.17) is 0 Å². The van der Waals surface area contributed by atoms with Gasteiger partial charge in [-0.2, -0.15) is 13.2 Å². The van der Waals surface area contributed by atoms with Crippen LogP contribution in [0.3, 0.4) is 0 Å². The minimum Gasteiger partial charge on any atom is -0.475 e. The van der Waals surface area contributed by atoms with Gasteiger partial charge in [-0.25, -0.2) is 24.7 Å². The van der Waals surface area contributed by atoms with Gasteiger partial charge in [0.15, 0.2) is 22.3 Å². The Labute approximate surface area is 201 Å². The molecule has 1 fully saturated rings. The van der Waals surface area contributed by atoms with Gasteiger partial charge in [0.2, 0.25) is 5.82 Å². The van der Waals surface area contributed by atoms with Gasteiger partial charge in [-0.15, -0.1) is 11.3 Å². The molecule has 35 heavy (non-hydrogen) atoms. The first-order valence-electron chi connectivity index (χ1n) is 11.0. The van der Waals surface area contributed by atoms with Crippen LogP contribution in [0.4, 0.5) is 19.0 Å². The zero-order valence-corrected chi connectivity index (χ0v) is 19.4. The van der Waals surface area contributed by atoms with Crippen molar-refractivity contribution < 1.29 is 23.1 Å². The first-order chi connectivity index (χ1) is 16.7. The molecular weight excluding hydrogens is 481 g/mol. The summed E-state index contributed by atoms with van der Waals surface area (Å²) >= 11 is 1.34. The van der Waals surface area contributed by atoms with Gasteiger partial charge >= 0.3 is 12.1 Å². The summed E-state index contributed by atoms with van der Waals surface area (Å²) in [5, 5.41) is 15.3. The number of carboxylic acids is 1. The molecule has 0 saturated heterocycles. The van der Waals surface area contributed by atoms with Crippen LogP contribution in [0.15, 0.2) is 35.8 Å². The number of alkyl halides is 3.